The van der Waals surface area contributed by atoms with Gasteiger partial charge in [0.2, 0.25) is 5.91 Å². The van der Waals surface area contributed by atoms with Gasteiger partial charge in [0.25, 0.3) is 0 Å². The molecule has 27 heavy (non-hydrogen) atoms. The van der Waals surface area contributed by atoms with Crippen molar-refractivity contribution in [2.45, 2.75) is 0 Å². The zero-order valence-corrected chi connectivity index (χ0v) is 15.3. The Kier molecular flexibility index (Phi) is 5.00. The van der Waals surface area contributed by atoms with Gasteiger partial charge in [0.1, 0.15) is 0 Å². The number of carbonyl (C=O) groups excluding carboxylic acids is 1. The monoisotopic (exact) mass is 388 g/mol. The third-order valence-electron chi connectivity index (χ3n) is 4.50. The second kappa shape index (κ2) is 7.58. The van der Waals surface area contributed by atoms with Gasteiger partial charge in [-0.3, -0.25) is 9.69 Å². The summed E-state index contributed by atoms with van der Waals surface area (Å²) < 4.78 is 27.3. The normalized spacial score (nSPS) is 15.3. The van der Waals surface area contributed by atoms with Gasteiger partial charge in [-0.2, -0.15) is 0 Å². The number of piperazine rings is 1. The van der Waals surface area contributed by atoms with E-state index in [1.807, 2.05) is 23.1 Å². The van der Waals surface area contributed by atoms with Crippen molar-refractivity contribution in [1.82, 2.24) is 9.88 Å². The molecule has 0 atom stereocenters. The van der Waals surface area contributed by atoms with Crippen LogP contribution in [0.2, 0.25) is 0 Å². The van der Waals surface area contributed by atoms with Crippen LogP contribution in [-0.2, 0) is 4.79 Å². The summed E-state index contributed by atoms with van der Waals surface area (Å²) >= 11 is 1.67. The van der Waals surface area contributed by atoms with Gasteiger partial charge in [-0.1, -0.05) is 23.5 Å². The molecule has 3 aromatic rings. The summed E-state index contributed by atoms with van der Waals surface area (Å²) in [5.74, 6) is -2.15. The molecule has 1 N–H and O–H groups in total. The van der Waals surface area contributed by atoms with Crippen LogP contribution < -0.4 is 10.2 Å². The first-order valence-electron chi connectivity index (χ1n) is 8.66. The molecule has 0 aliphatic carbocycles. The number of aromatic nitrogens is 1. The molecule has 2 aromatic carbocycles. The van der Waals surface area contributed by atoms with E-state index >= 15 is 0 Å². The summed E-state index contributed by atoms with van der Waals surface area (Å²) in [7, 11) is 0. The predicted octanol–water partition coefficient (Wildman–Crippen LogP) is 3.34. The number of benzene rings is 2. The molecule has 140 valence electrons. The van der Waals surface area contributed by atoms with Crippen molar-refractivity contribution < 1.29 is 13.6 Å². The maximum Gasteiger partial charge on any atom is 0.238 e. The van der Waals surface area contributed by atoms with Crippen molar-refractivity contribution in [3.8, 4) is 0 Å². The molecular formula is C19H18F2N4OS. The fourth-order valence-electron chi connectivity index (χ4n) is 3.07. The zero-order valence-electron chi connectivity index (χ0n) is 14.5. The lowest BCUT2D eigenvalue weighted by molar-refractivity contribution is -0.117. The molecule has 4 rings (SSSR count). The SMILES string of the molecule is O=C(CN1CCN(c2nc3ccccc3s2)CC1)Nc1ccc(F)c(F)c1. The van der Waals surface area contributed by atoms with E-state index in [0.29, 0.717) is 0 Å². The molecule has 1 saturated heterocycles. The highest BCUT2D eigenvalue weighted by Gasteiger charge is 2.21. The van der Waals surface area contributed by atoms with E-state index < -0.39 is 11.6 Å². The van der Waals surface area contributed by atoms with Crippen molar-refractivity contribution in [3.05, 3.63) is 54.1 Å². The lowest BCUT2D eigenvalue weighted by Crippen LogP contribution is -2.48. The van der Waals surface area contributed by atoms with Crippen LogP contribution in [0.3, 0.4) is 0 Å². The Labute approximate surface area is 159 Å². The predicted molar refractivity (Wildman–Crippen MR) is 103 cm³/mol. The van der Waals surface area contributed by atoms with E-state index in [9.17, 15) is 13.6 Å². The average molecular weight is 388 g/mol. The number of anilines is 2. The highest BCUT2D eigenvalue weighted by Crippen LogP contribution is 2.29. The number of nitrogens with one attached hydrogen (secondary N) is 1. The number of para-hydroxylation sites is 1. The van der Waals surface area contributed by atoms with Crippen LogP contribution >= 0.6 is 11.3 Å². The minimum atomic E-state index is -0.975. The van der Waals surface area contributed by atoms with Crippen molar-refractivity contribution in [2.75, 3.05) is 42.9 Å². The van der Waals surface area contributed by atoms with Crippen LogP contribution in [0.5, 0.6) is 0 Å². The third kappa shape index (κ3) is 4.06. The van der Waals surface area contributed by atoms with Crippen LogP contribution in [0, 0.1) is 11.6 Å². The molecular weight excluding hydrogens is 370 g/mol. The Hall–Kier alpha value is -2.58. The van der Waals surface area contributed by atoms with Crippen LogP contribution in [0.25, 0.3) is 10.2 Å². The second-order valence-electron chi connectivity index (χ2n) is 6.40. The van der Waals surface area contributed by atoms with Crippen LogP contribution in [0.4, 0.5) is 19.6 Å². The summed E-state index contributed by atoms with van der Waals surface area (Å²) in [4.78, 5) is 21.1. The van der Waals surface area contributed by atoms with Crippen LogP contribution in [-0.4, -0.2) is 48.5 Å². The van der Waals surface area contributed by atoms with E-state index in [2.05, 4.69) is 21.3 Å². The average Bonchev–Trinajstić information content (AvgIpc) is 3.09. The van der Waals surface area contributed by atoms with Crippen molar-refractivity contribution in [2.24, 2.45) is 0 Å². The number of rotatable bonds is 4. The minimum Gasteiger partial charge on any atom is -0.345 e. The van der Waals surface area contributed by atoms with Gasteiger partial charge < -0.3 is 10.2 Å². The summed E-state index contributed by atoms with van der Waals surface area (Å²) in [5.41, 5.74) is 1.26. The number of amides is 1. The molecule has 1 aliphatic rings. The molecule has 1 amide bonds. The summed E-state index contributed by atoms with van der Waals surface area (Å²) in [6.45, 7) is 3.27. The molecule has 0 saturated carbocycles. The maximum absolute atomic E-state index is 13.2. The van der Waals surface area contributed by atoms with Crippen molar-refractivity contribution in [1.29, 1.82) is 0 Å². The zero-order chi connectivity index (χ0) is 18.8. The third-order valence-corrected chi connectivity index (χ3v) is 5.59. The lowest BCUT2D eigenvalue weighted by Gasteiger charge is -2.34. The van der Waals surface area contributed by atoms with E-state index in [-0.39, 0.29) is 18.1 Å². The Morgan fingerprint density at radius 1 is 1.07 bits per heavy atom. The van der Waals surface area contributed by atoms with Crippen LogP contribution in [0.15, 0.2) is 42.5 Å². The number of halogens is 2. The largest absolute Gasteiger partial charge is 0.345 e. The Balaban J connectivity index is 1.31. The molecule has 2 heterocycles. The molecule has 1 aliphatic heterocycles. The van der Waals surface area contributed by atoms with Gasteiger partial charge in [-0.25, -0.2) is 13.8 Å². The second-order valence-corrected chi connectivity index (χ2v) is 7.41. The van der Waals surface area contributed by atoms with E-state index in [0.717, 1.165) is 49.0 Å². The molecule has 0 bridgehead atoms. The van der Waals surface area contributed by atoms with Gasteiger partial charge in [0.05, 0.1) is 16.8 Å². The topological polar surface area (TPSA) is 48.5 Å². The minimum absolute atomic E-state index is 0.215. The number of hydrogen-bond acceptors (Lipinski definition) is 5. The van der Waals surface area contributed by atoms with Crippen molar-refractivity contribution >= 4 is 38.3 Å². The Bertz CT molecular complexity index is 936. The molecule has 8 heteroatoms. The number of carbonyl (C=O) groups is 1. The Morgan fingerprint density at radius 2 is 1.85 bits per heavy atom. The highest BCUT2D eigenvalue weighted by atomic mass is 32.1. The first kappa shape index (κ1) is 17.8. The van der Waals surface area contributed by atoms with E-state index in [1.54, 1.807) is 11.3 Å². The molecule has 5 nitrogen and oxygen atoms in total. The molecule has 0 spiro atoms. The first-order chi connectivity index (χ1) is 13.1. The van der Waals surface area contributed by atoms with Crippen molar-refractivity contribution in [3.63, 3.8) is 0 Å². The molecule has 0 radical (unpaired) electrons. The van der Waals surface area contributed by atoms with Gasteiger partial charge in [0.15, 0.2) is 16.8 Å². The quantitative estimate of drug-likeness (QED) is 0.745. The lowest BCUT2D eigenvalue weighted by atomic mass is 10.3. The fraction of sp³-hybridized carbons (Fsp3) is 0.263. The number of nitrogens with zero attached hydrogens (tertiary/aromatic N) is 3. The Morgan fingerprint density at radius 3 is 2.59 bits per heavy atom. The van der Waals surface area contributed by atoms with Gasteiger partial charge >= 0.3 is 0 Å². The highest BCUT2D eigenvalue weighted by molar-refractivity contribution is 7.22. The molecule has 0 unspecified atom stereocenters. The number of hydrogen-bond donors (Lipinski definition) is 1. The van der Waals surface area contributed by atoms with E-state index in [1.165, 1.54) is 10.8 Å². The molecule has 1 aromatic heterocycles. The summed E-state index contributed by atoms with van der Waals surface area (Å²) in [5, 5.41) is 3.61. The first-order valence-corrected chi connectivity index (χ1v) is 9.48. The molecule has 1 fully saturated rings. The maximum atomic E-state index is 13.2. The van der Waals surface area contributed by atoms with Gasteiger partial charge in [-0.15, -0.1) is 0 Å². The fourth-order valence-corrected chi connectivity index (χ4v) is 4.09. The van der Waals surface area contributed by atoms with Crippen LogP contribution in [0.1, 0.15) is 0 Å². The van der Waals surface area contributed by atoms with Gasteiger partial charge in [-0.05, 0) is 24.3 Å². The van der Waals surface area contributed by atoms with Gasteiger partial charge in [0, 0.05) is 37.9 Å². The number of fused-ring (bicyclic) bond motifs is 1. The number of thiazole rings is 1. The summed E-state index contributed by atoms with van der Waals surface area (Å²) in [6.07, 6.45) is 0. The standard InChI is InChI=1S/C19H18F2N4OS/c20-14-6-5-13(11-15(14)21)22-18(26)12-24-7-9-25(10-8-24)19-23-16-3-1-2-4-17(16)27-19/h1-6,11H,7-10,12H2,(H,22,26). The van der Waals surface area contributed by atoms with E-state index in [4.69, 9.17) is 0 Å². The smallest absolute Gasteiger partial charge is 0.238 e. The summed E-state index contributed by atoms with van der Waals surface area (Å²) in [6, 6.07) is 11.4.